The summed E-state index contributed by atoms with van der Waals surface area (Å²) in [5.41, 5.74) is 9.13. The minimum absolute atomic E-state index is 0.160. The number of thiophene rings is 1. The summed E-state index contributed by atoms with van der Waals surface area (Å²) in [6.07, 6.45) is 0. The van der Waals surface area contributed by atoms with Crippen LogP contribution in [-0.4, -0.2) is 18.0 Å². The van der Waals surface area contributed by atoms with Crippen LogP contribution in [0.1, 0.15) is 9.67 Å². The molecule has 0 saturated carbocycles. The number of rotatable bonds is 5. The first-order valence-corrected chi connectivity index (χ1v) is 11.5. The lowest BCUT2D eigenvalue weighted by Crippen LogP contribution is -2.11. The molecule has 3 N–H and O–H groups in total. The fourth-order valence-corrected chi connectivity index (χ4v) is 4.84. The third-order valence-corrected chi connectivity index (χ3v) is 6.64. The van der Waals surface area contributed by atoms with Gasteiger partial charge in [0.1, 0.15) is 27.1 Å². The number of halogens is 2. The number of fused-ring (bicyclic) bond motifs is 1. The van der Waals surface area contributed by atoms with E-state index in [0.717, 1.165) is 23.0 Å². The van der Waals surface area contributed by atoms with Crippen molar-refractivity contribution in [2.24, 2.45) is 0 Å². The maximum atomic E-state index is 14.9. The van der Waals surface area contributed by atoms with Crippen molar-refractivity contribution < 1.29 is 18.3 Å². The van der Waals surface area contributed by atoms with Crippen LogP contribution in [0.5, 0.6) is 5.75 Å². The molecular weight excluding hydrogens is 468 g/mol. The molecule has 174 valence electrons. The maximum absolute atomic E-state index is 14.9. The van der Waals surface area contributed by atoms with Crippen LogP contribution in [0.25, 0.3) is 32.6 Å². The number of nitrogen functional groups attached to an aromatic ring is 1. The van der Waals surface area contributed by atoms with E-state index < -0.39 is 17.5 Å². The van der Waals surface area contributed by atoms with Crippen LogP contribution in [0.4, 0.5) is 20.2 Å². The Morgan fingerprint density at radius 1 is 0.971 bits per heavy atom. The Labute approximate surface area is 203 Å². The van der Waals surface area contributed by atoms with Crippen LogP contribution in [0.2, 0.25) is 0 Å². The standard InChI is InChI=1S/C27H19F2N3O2S/c1-34-18-10-7-15(8-11-18)22-14-20(19-12-9-16(28)13-21(19)29)23-24(30)25(35-27(23)32-22)26(33)31-17-5-3-2-4-6-17/h2-14H,30H2,1H3,(H,31,33). The van der Waals surface area contributed by atoms with Gasteiger partial charge in [-0.3, -0.25) is 4.79 Å². The van der Waals surface area contributed by atoms with Crippen LogP contribution in [0.15, 0.2) is 78.9 Å². The second kappa shape index (κ2) is 9.15. The van der Waals surface area contributed by atoms with Gasteiger partial charge >= 0.3 is 0 Å². The van der Waals surface area contributed by atoms with Gasteiger partial charge in [0, 0.05) is 28.3 Å². The Hall–Kier alpha value is -4.30. The number of nitrogens with zero attached hydrogens (tertiary/aromatic N) is 1. The molecule has 0 aliphatic heterocycles. The highest BCUT2D eigenvalue weighted by atomic mass is 32.1. The van der Waals surface area contributed by atoms with Crippen LogP contribution in [0, 0.1) is 11.6 Å². The number of nitrogens with one attached hydrogen (secondary N) is 1. The van der Waals surface area contributed by atoms with E-state index in [2.05, 4.69) is 5.32 Å². The number of hydrogen-bond acceptors (Lipinski definition) is 5. The Morgan fingerprint density at radius 3 is 2.40 bits per heavy atom. The summed E-state index contributed by atoms with van der Waals surface area (Å²) in [5, 5.41) is 3.26. The first kappa shape index (κ1) is 22.5. The fourth-order valence-electron chi connectivity index (χ4n) is 3.83. The number of nitrogens with two attached hydrogens (primary N) is 1. The highest BCUT2D eigenvalue weighted by molar-refractivity contribution is 7.21. The first-order chi connectivity index (χ1) is 16.9. The topological polar surface area (TPSA) is 77.2 Å². The van der Waals surface area contributed by atoms with Gasteiger partial charge in [0.2, 0.25) is 0 Å². The zero-order chi connectivity index (χ0) is 24.5. The van der Waals surface area contributed by atoms with E-state index >= 15 is 0 Å². The van der Waals surface area contributed by atoms with Crippen molar-refractivity contribution >= 4 is 38.8 Å². The number of pyridine rings is 1. The van der Waals surface area contributed by atoms with Crippen molar-refractivity contribution in [3.05, 3.63) is 95.4 Å². The lowest BCUT2D eigenvalue weighted by molar-refractivity contribution is 0.103. The highest BCUT2D eigenvalue weighted by Gasteiger charge is 2.23. The van der Waals surface area contributed by atoms with E-state index in [1.807, 2.05) is 30.3 Å². The van der Waals surface area contributed by atoms with Gasteiger partial charge in [-0.1, -0.05) is 18.2 Å². The molecule has 0 aliphatic carbocycles. The first-order valence-electron chi connectivity index (χ1n) is 10.6. The number of amides is 1. The third-order valence-electron chi connectivity index (χ3n) is 5.54. The summed E-state index contributed by atoms with van der Waals surface area (Å²) in [5.74, 6) is -1.14. The smallest absolute Gasteiger partial charge is 0.267 e. The summed E-state index contributed by atoms with van der Waals surface area (Å²) in [6.45, 7) is 0. The Kier molecular flexibility index (Phi) is 5.88. The predicted molar refractivity (Wildman–Crippen MR) is 136 cm³/mol. The molecule has 0 spiro atoms. The number of hydrogen-bond donors (Lipinski definition) is 2. The normalized spacial score (nSPS) is 10.9. The minimum Gasteiger partial charge on any atom is -0.497 e. The van der Waals surface area contributed by atoms with Gasteiger partial charge in [-0.2, -0.15) is 0 Å². The molecule has 5 aromatic rings. The number of methoxy groups -OCH3 is 1. The SMILES string of the molecule is COc1ccc(-c2cc(-c3ccc(F)cc3F)c3c(N)c(C(=O)Nc4ccccc4)sc3n2)cc1. The second-order valence-corrected chi connectivity index (χ2v) is 8.75. The molecule has 0 aliphatic rings. The number of anilines is 2. The van der Waals surface area contributed by atoms with Crippen LogP contribution in [-0.2, 0) is 0 Å². The predicted octanol–water partition coefficient (Wildman–Crippen LogP) is 6.75. The fraction of sp³-hybridized carbons (Fsp3) is 0.0370. The van der Waals surface area contributed by atoms with E-state index in [4.69, 9.17) is 15.5 Å². The van der Waals surface area contributed by atoms with Crippen molar-refractivity contribution in [2.75, 3.05) is 18.2 Å². The Bertz CT molecular complexity index is 1550. The van der Waals surface area contributed by atoms with Gasteiger partial charge in [-0.05, 0) is 60.2 Å². The largest absolute Gasteiger partial charge is 0.497 e. The third kappa shape index (κ3) is 4.31. The molecule has 0 radical (unpaired) electrons. The van der Waals surface area contributed by atoms with Crippen LogP contribution < -0.4 is 15.8 Å². The summed E-state index contributed by atoms with van der Waals surface area (Å²) >= 11 is 1.12. The monoisotopic (exact) mass is 487 g/mol. The van der Waals surface area contributed by atoms with Gasteiger partial charge < -0.3 is 15.8 Å². The summed E-state index contributed by atoms with van der Waals surface area (Å²) < 4.78 is 33.8. The number of carbonyl (C=O) groups excluding carboxylic acids is 1. The van der Waals surface area contributed by atoms with E-state index in [1.165, 1.54) is 12.1 Å². The van der Waals surface area contributed by atoms with Crippen LogP contribution >= 0.6 is 11.3 Å². The molecule has 2 heterocycles. The average Bonchev–Trinajstić information content (AvgIpc) is 3.21. The number of ether oxygens (including phenoxy) is 1. The second-order valence-electron chi connectivity index (χ2n) is 7.75. The van der Waals surface area contributed by atoms with Gasteiger partial charge in [0.05, 0.1) is 18.5 Å². The molecule has 8 heteroatoms. The highest BCUT2D eigenvalue weighted by Crippen LogP contribution is 2.42. The lowest BCUT2D eigenvalue weighted by Gasteiger charge is -2.10. The number of para-hydroxylation sites is 1. The van der Waals surface area contributed by atoms with E-state index in [0.29, 0.717) is 32.9 Å². The number of benzene rings is 3. The molecule has 3 aromatic carbocycles. The molecule has 0 atom stereocenters. The number of carbonyl (C=O) groups is 1. The lowest BCUT2D eigenvalue weighted by atomic mass is 9.99. The van der Waals surface area contributed by atoms with E-state index in [9.17, 15) is 13.6 Å². The molecule has 1 amide bonds. The molecule has 0 saturated heterocycles. The quantitative estimate of drug-likeness (QED) is 0.287. The molecule has 0 bridgehead atoms. The zero-order valence-corrected chi connectivity index (χ0v) is 19.3. The van der Waals surface area contributed by atoms with Gasteiger partial charge in [-0.15, -0.1) is 11.3 Å². The Balaban J connectivity index is 1.70. The molecule has 0 unspecified atom stereocenters. The zero-order valence-electron chi connectivity index (χ0n) is 18.5. The van der Waals surface area contributed by atoms with Gasteiger partial charge in [0.15, 0.2) is 0 Å². The summed E-state index contributed by atoms with van der Waals surface area (Å²) in [6, 6.07) is 21.3. The summed E-state index contributed by atoms with van der Waals surface area (Å²) in [7, 11) is 1.57. The molecule has 0 fully saturated rings. The molecule has 5 nitrogen and oxygen atoms in total. The van der Waals surface area contributed by atoms with E-state index in [-0.39, 0.29) is 16.1 Å². The molecule has 5 rings (SSSR count). The minimum atomic E-state index is -0.737. The van der Waals surface area contributed by atoms with Crippen molar-refractivity contribution in [2.45, 2.75) is 0 Å². The van der Waals surface area contributed by atoms with Crippen LogP contribution in [0.3, 0.4) is 0 Å². The van der Waals surface area contributed by atoms with Crippen molar-refractivity contribution in [1.82, 2.24) is 4.98 Å². The van der Waals surface area contributed by atoms with Gasteiger partial charge in [0.25, 0.3) is 5.91 Å². The number of aromatic nitrogens is 1. The maximum Gasteiger partial charge on any atom is 0.267 e. The average molecular weight is 488 g/mol. The molecule has 35 heavy (non-hydrogen) atoms. The van der Waals surface area contributed by atoms with Gasteiger partial charge in [-0.25, -0.2) is 13.8 Å². The molecule has 2 aromatic heterocycles. The van der Waals surface area contributed by atoms with Crippen molar-refractivity contribution in [3.63, 3.8) is 0 Å². The Morgan fingerprint density at radius 2 is 1.71 bits per heavy atom. The van der Waals surface area contributed by atoms with E-state index in [1.54, 1.807) is 37.4 Å². The summed E-state index contributed by atoms with van der Waals surface area (Å²) in [4.78, 5) is 18.5. The van der Waals surface area contributed by atoms with Crippen molar-refractivity contribution in [1.29, 1.82) is 0 Å². The molecular formula is C27H19F2N3O2S. The van der Waals surface area contributed by atoms with Crippen molar-refractivity contribution in [3.8, 4) is 28.1 Å².